The molecule has 0 radical (unpaired) electrons. The fraction of sp³-hybridized carbons (Fsp3) is 0.333. The summed E-state index contributed by atoms with van der Waals surface area (Å²) in [7, 11) is 2.00. The van der Waals surface area contributed by atoms with Crippen LogP contribution in [0.25, 0.3) is 11.0 Å². The average Bonchev–Trinajstić information content (AvgIpc) is 3.22. The summed E-state index contributed by atoms with van der Waals surface area (Å²) in [5.41, 5.74) is 2.77. The Balaban J connectivity index is 1.54. The van der Waals surface area contributed by atoms with E-state index in [0.29, 0.717) is 5.02 Å². The Morgan fingerprint density at radius 3 is 3.08 bits per heavy atom. The summed E-state index contributed by atoms with van der Waals surface area (Å²) in [5.74, 6) is 1.58. The van der Waals surface area contributed by atoms with E-state index in [4.69, 9.17) is 16.3 Å². The maximum Gasteiger partial charge on any atom is 0.203 e. The number of nitrogens with one attached hydrogen (secondary N) is 2. The highest BCUT2D eigenvalue weighted by Crippen LogP contribution is 2.24. The van der Waals surface area contributed by atoms with Crippen molar-refractivity contribution in [2.24, 2.45) is 7.05 Å². The molecule has 130 valence electrons. The largest absolute Gasteiger partial charge is 0.376 e. The van der Waals surface area contributed by atoms with Crippen LogP contribution in [-0.4, -0.2) is 33.8 Å². The standard InChI is InChI=1S/C18H20ClN5O/c1-24-16-9-17(22-13-5-2-4-12(19)8-13)20-11-15(16)23-18(24)21-10-14-6-3-7-25-14/h2,4-5,8-9,11,14H,3,6-7,10H2,1H3,(H,20,22)(H,21,23). The number of pyridine rings is 1. The zero-order valence-electron chi connectivity index (χ0n) is 14.0. The topological polar surface area (TPSA) is 64.0 Å². The first-order chi connectivity index (χ1) is 12.2. The Labute approximate surface area is 151 Å². The van der Waals surface area contributed by atoms with Gasteiger partial charge >= 0.3 is 0 Å². The van der Waals surface area contributed by atoms with Crippen LogP contribution < -0.4 is 10.6 Å². The zero-order chi connectivity index (χ0) is 17.2. The molecule has 2 N–H and O–H groups in total. The summed E-state index contributed by atoms with van der Waals surface area (Å²) in [6.07, 6.45) is 4.29. The van der Waals surface area contributed by atoms with Gasteiger partial charge in [0.25, 0.3) is 0 Å². The average molecular weight is 358 g/mol. The van der Waals surface area contributed by atoms with Crippen molar-refractivity contribution in [2.45, 2.75) is 18.9 Å². The van der Waals surface area contributed by atoms with Gasteiger partial charge in [-0.3, -0.25) is 0 Å². The van der Waals surface area contributed by atoms with Gasteiger partial charge in [0.15, 0.2) is 0 Å². The molecule has 1 atom stereocenters. The van der Waals surface area contributed by atoms with E-state index in [1.54, 1.807) is 6.20 Å². The number of imidazole rings is 1. The first-order valence-corrected chi connectivity index (χ1v) is 8.77. The number of hydrogen-bond donors (Lipinski definition) is 2. The molecule has 0 bridgehead atoms. The fourth-order valence-electron chi connectivity index (χ4n) is 3.05. The second kappa shape index (κ2) is 6.90. The number of nitrogens with zero attached hydrogens (tertiary/aromatic N) is 3. The van der Waals surface area contributed by atoms with Gasteiger partial charge in [-0.05, 0) is 31.0 Å². The first kappa shape index (κ1) is 16.2. The lowest BCUT2D eigenvalue weighted by atomic mass is 10.2. The molecule has 2 aromatic heterocycles. The van der Waals surface area contributed by atoms with Gasteiger partial charge in [0.1, 0.15) is 11.3 Å². The number of hydrogen-bond acceptors (Lipinski definition) is 5. The minimum Gasteiger partial charge on any atom is -0.376 e. The second-order valence-corrected chi connectivity index (χ2v) is 6.64. The zero-order valence-corrected chi connectivity index (χ0v) is 14.8. The molecule has 0 saturated carbocycles. The summed E-state index contributed by atoms with van der Waals surface area (Å²) >= 11 is 6.03. The van der Waals surface area contributed by atoms with Crippen molar-refractivity contribution in [3.05, 3.63) is 41.6 Å². The molecule has 1 unspecified atom stereocenters. The Hall–Kier alpha value is -2.31. The fourth-order valence-corrected chi connectivity index (χ4v) is 3.24. The van der Waals surface area contributed by atoms with Crippen LogP contribution in [0.1, 0.15) is 12.8 Å². The quantitative estimate of drug-likeness (QED) is 0.723. The Morgan fingerprint density at radius 1 is 1.36 bits per heavy atom. The van der Waals surface area contributed by atoms with E-state index in [0.717, 1.165) is 54.5 Å². The highest BCUT2D eigenvalue weighted by Gasteiger charge is 2.16. The van der Waals surface area contributed by atoms with Crippen molar-refractivity contribution in [2.75, 3.05) is 23.8 Å². The van der Waals surface area contributed by atoms with Crippen molar-refractivity contribution >= 4 is 40.1 Å². The van der Waals surface area contributed by atoms with Crippen LogP contribution in [0.5, 0.6) is 0 Å². The van der Waals surface area contributed by atoms with E-state index < -0.39 is 0 Å². The predicted octanol–water partition coefficient (Wildman–Crippen LogP) is 3.96. The van der Waals surface area contributed by atoms with E-state index in [2.05, 4.69) is 20.6 Å². The number of benzene rings is 1. The third-order valence-electron chi connectivity index (χ3n) is 4.38. The molecule has 0 spiro atoms. The number of fused-ring (bicyclic) bond motifs is 1. The molecular weight excluding hydrogens is 338 g/mol. The van der Waals surface area contributed by atoms with Crippen molar-refractivity contribution < 1.29 is 4.74 Å². The monoisotopic (exact) mass is 357 g/mol. The molecular formula is C18H20ClN5O. The van der Waals surface area contributed by atoms with Crippen LogP contribution in [0.15, 0.2) is 36.5 Å². The lowest BCUT2D eigenvalue weighted by Crippen LogP contribution is -2.20. The van der Waals surface area contributed by atoms with Crippen LogP contribution in [0.2, 0.25) is 5.02 Å². The van der Waals surface area contributed by atoms with Gasteiger partial charge in [-0.25, -0.2) is 9.97 Å². The lowest BCUT2D eigenvalue weighted by molar-refractivity contribution is 0.120. The van der Waals surface area contributed by atoms with E-state index in [1.807, 2.05) is 41.9 Å². The maximum atomic E-state index is 6.03. The number of rotatable bonds is 5. The van der Waals surface area contributed by atoms with E-state index in [-0.39, 0.29) is 6.10 Å². The summed E-state index contributed by atoms with van der Waals surface area (Å²) in [6.45, 7) is 1.63. The number of aryl methyl sites for hydroxylation is 1. The van der Waals surface area contributed by atoms with Crippen LogP contribution in [0.3, 0.4) is 0 Å². The summed E-state index contributed by atoms with van der Waals surface area (Å²) in [5, 5.41) is 7.34. The van der Waals surface area contributed by atoms with Crippen LogP contribution >= 0.6 is 11.6 Å². The Bertz CT molecular complexity index is 888. The van der Waals surface area contributed by atoms with Crippen LogP contribution in [-0.2, 0) is 11.8 Å². The molecule has 3 heterocycles. The highest BCUT2D eigenvalue weighted by atomic mass is 35.5. The van der Waals surface area contributed by atoms with E-state index in [1.165, 1.54) is 0 Å². The van der Waals surface area contributed by atoms with Crippen molar-refractivity contribution in [3.63, 3.8) is 0 Å². The summed E-state index contributed by atoms with van der Waals surface area (Å²) in [6, 6.07) is 9.55. The molecule has 7 heteroatoms. The van der Waals surface area contributed by atoms with Crippen LogP contribution in [0.4, 0.5) is 17.5 Å². The molecule has 3 aromatic rings. The number of anilines is 3. The SMILES string of the molecule is Cn1c(NCC2CCCO2)nc2cnc(Nc3cccc(Cl)c3)cc21. The minimum atomic E-state index is 0.276. The van der Waals surface area contributed by atoms with Gasteiger partial charge < -0.3 is 19.9 Å². The molecule has 25 heavy (non-hydrogen) atoms. The number of halogens is 1. The smallest absolute Gasteiger partial charge is 0.203 e. The first-order valence-electron chi connectivity index (χ1n) is 8.39. The predicted molar refractivity (Wildman–Crippen MR) is 101 cm³/mol. The molecule has 4 rings (SSSR count). The molecule has 1 saturated heterocycles. The summed E-state index contributed by atoms with van der Waals surface area (Å²) < 4.78 is 7.69. The molecule has 1 aliphatic heterocycles. The maximum absolute atomic E-state index is 6.03. The molecule has 1 fully saturated rings. The molecule has 0 aliphatic carbocycles. The Morgan fingerprint density at radius 2 is 2.28 bits per heavy atom. The van der Waals surface area contributed by atoms with Crippen molar-refractivity contribution in [1.82, 2.24) is 14.5 Å². The Kier molecular flexibility index (Phi) is 4.46. The highest BCUT2D eigenvalue weighted by molar-refractivity contribution is 6.30. The third kappa shape index (κ3) is 3.55. The van der Waals surface area contributed by atoms with Gasteiger partial charge in [0.2, 0.25) is 5.95 Å². The summed E-state index contributed by atoms with van der Waals surface area (Å²) in [4.78, 5) is 9.06. The van der Waals surface area contributed by atoms with Gasteiger partial charge in [0, 0.05) is 37.0 Å². The van der Waals surface area contributed by atoms with Crippen molar-refractivity contribution in [1.29, 1.82) is 0 Å². The molecule has 0 amide bonds. The second-order valence-electron chi connectivity index (χ2n) is 6.20. The van der Waals surface area contributed by atoms with Gasteiger partial charge in [0.05, 0.1) is 17.8 Å². The number of aromatic nitrogens is 3. The van der Waals surface area contributed by atoms with Crippen molar-refractivity contribution in [3.8, 4) is 0 Å². The molecule has 6 nitrogen and oxygen atoms in total. The van der Waals surface area contributed by atoms with Gasteiger partial charge in [-0.15, -0.1) is 0 Å². The van der Waals surface area contributed by atoms with E-state index >= 15 is 0 Å². The lowest BCUT2D eigenvalue weighted by Gasteiger charge is -2.11. The third-order valence-corrected chi connectivity index (χ3v) is 4.61. The van der Waals surface area contributed by atoms with Crippen LogP contribution in [0, 0.1) is 0 Å². The molecule has 1 aromatic carbocycles. The van der Waals surface area contributed by atoms with E-state index in [9.17, 15) is 0 Å². The van der Waals surface area contributed by atoms with Gasteiger partial charge in [-0.2, -0.15) is 0 Å². The minimum absolute atomic E-state index is 0.276. The number of ether oxygens (including phenoxy) is 1. The van der Waals surface area contributed by atoms with Gasteiger partial charge in [-0.1, -0.05) is 17.7 Å². The normalized spacial score (nSPS) is 17.1. The molecule has 1 aliphatic rings.